The van der Waals surface area contributed by atoms with E-state index in [9.17, 15) is 4.79 Å². The smallest absolute Gasteiger partial charge is 0.373 e. The lowest BCUT2D eigenvalue weighted by molar-refractivity contribution is -0.191. The van der Waals surface area contributed by atoms with Gasteiger partial charge in [0.15, 0.2) is 11.4 Å². The molecule has 1 saturated heterocycles. The van der Waals surface area contributed by atoms with Crippen LogP contribution in [0.25, 0.3) is 5.65 Å². The van der Waals surface area contributed by atoms with Gasteiger partial charge in [0, 0.05) is 31.0 Å². The molecule has 8 nitrogen and oxygen atoms in total. The number of piperidine rings is 1. The third-order valence-electron chi connectivity index (χ3n) is 5.43. The zero-order chi connectivity index (χ0) is 23.1. The number of hydrogen-bond donors (Lipinski definition) is 1. The van der Waals surface area contributed by atoms with Gasteiger partial charge in [0.2, 0.25) is 0 Å². The molecule has 32 heavy (non-hydrogen) atoms. The first-order valence-electron chi connectivity index (χ1n) is 10.7. The molecule has 8 heteroatoms. The topological polar surface area (TPSA) is 93.0 Å². The highest BCUT2D eigenvalue weighted by Crippen LogP contribution is 2.24. The fourth-order valence-corrected chi connectivity index (χ4v) is 4.11. The summed E-state index contributed by atoms with van der Waals surface area (Å²) in [4.78, 5) is 36.3. The van der Waals surface area contributed by atoms with E-state index in [1.54, 1.807) is 0 Å². The molecule has 3 aromatic rings. The highest BCUT2D eigenvalue weighted by molar-refractivity contribution is 5.95. The van der Waals surface area contributed by atoms with Crippen LogP contribution in [0.3, 0.4) is 0 Å². The maximum Gasteiger partial charge on any atom is 0.373 e. The van der Waals surface area contributed by atoms with Crippen molar-refractivity contribution in [3.8, 4) is 5.75 Å². The Morgan fingerprint density at radius 1 is 1.25 bits per heavy atom. The molecule has 0 aliphatic carbocycles. The lowest BCUT2D eigenvalue weighted by Crippen LogP contribution is -2.48. The maximum absolute atomic E-state index is 13.1. The number of carbonyl (C=O) groups is 1. The molecule has 0 unspecified atom stereocenters. The maximum atomic E-state index is 13.1. The number of nitrogens with one attached hydrogen (secondary N) is 1. The minimum atomic E-state index is -0.0836. The lowest BCUT2D eigenvalue weighted by atomic mass is 10.0. The second-order valence-electron chi connectivity index (χ2n) is 7.73. The molecule has 0 radical (unpaired) electrons. The van der Waals surface area contributed by atoms with E-state index in [2.05, 4.69) is 46.4 Å². The molecule has 1 N–H and O–H groups in total. The summed E-state index contributed by atoms with van der Waals surface area (Å²) >= 11 is 0. The van der Waals surface area contributed by atoms with Crippen molar-refractivity contribution in [2.24, 2.45) is 0 Å². The summed E-state index contributed by atoms with van der Waals surface area (Å²) < 4.78 is 7.50. The number of aryl methyl sites for hydroxylation is 2. The van der Waals surface area contributed by atoms with Gasteiger partial charge in [-0.25, -0.2) is 4.98 Å². The molecular formula is C24H28N4O4. The van der Waals surface area contributed by atoms with Crippen LogP contribution in [0.1, 0.15) is 41.5 Å². The number of fused-ring (bicyclic) bond motifs is 1. The van der Waals surface area contributed by atoms with E-state index in [4.69, 9.17) is 14.3 Å². The van der Waals surface area contributed by atoms with E-state index in [0.717, 1.165) is 25.9 Å². The first-order chi connectivity index (χ1) is 15.5. The molecule has 1 aromatic carbocycles. The first kappa shape index (κ1) is 23.0. The zero-order valence-corrected chi connectivity index (χ0v) is 18.6. The van der Waals surface area contributed by atoms with Crippen LogP contribution in [0.2, 0.25) is 0 Å². The summed E-state index contributed by atoms with van der Waals surface area (Å²) in [5.41, 5.74) is 4.44. The number of ether oxygens (including phenoxy) is 1. The molecule has 1 aliphatic rings. The van der Waals surface area contributed by atoms with Crippen molar-refractivity contribution >= 4 is 23.4 Å². The number of amides is 1. The van der Waals surface area contributed by atoms with Crippen molar-refractivity contribution < 1.29 is 19.1 Å². The van der Waals surface area contributed by atoms with Crippen LogP contribution < -0.4 is 15.0 Å². The van der Waals surface area contributed by atoms with Crippen LogP contribution in [-0.4, -0.2) is 47.2 Å². The average molecular weight is 437 g/mol. The van der Waals surface area contributed by atoms with Crippen molar-refractivity contribution in [3.63, 3.8) is 0 Å². The lowest BCUT2D eigenvalue weighted by Gasteiger charge is -2.35. The number of rotatable bonds is 5. The molecule has 2 aromatic heterocycles. The summed E-state index contributed by atoms with van der Waals surface area (Å²) in [6.07, 6.45) is 4.15. The van der Waals surface area contributed by atoms with E-state index in [0.29, 0.717) is 29.4 Å². The monoisotopic (exact) mass is 436 g/mol. The van der Waals surface area contributed by atoms with Crippen LogP contribution in [0.15, 0.2) is 42.6 Å². The van der Waals surface area contributed by atoms with Gasteiger partial charge in [0.1, 0.15) is 5.69 Å². The number of anilines is 1. The molecule has 0 bridgehead atoms. The van der Waals surface area contributed by atoms with E-state index >= 15 is 0 Å². The number of nitrogens with zero attached hydrogens (tertiary/aromatic N) is 3. The van der Waals surface area contributed by atoms with Gasteiger partial charge in [-0.15, -0.1) is 0 Å². The number of hydrogen-bond acceptors (Lipinski definition) is 6. The Bertz CT molecular complexity index is 1120. The van der Waals surface area contributed by atoms with Crippen LogP contribution in [0.5, 0.6) is 5.75 Å². The second kappa shape index (κ2) is 10.6. The van der Waals surface area contributed by atoms with Gasteiger partial charge in [0.05, 0.1) is 12.3 Å². The Hall–Kier alpha value is -3.64. The zero-order valence-electron chi connectivity index (χ0n) is 18.6. The van der Waals surface area contributed by atoms with Crippen molar-refractivity contribution in [3.05, 3.63) is 59.5 Å². The van der Waals surface area contributed by atoms with Gasteiger partial charge >= 0.3 is 6.15 Å². The molecule has 168 valence electrons. The van der Waals surface area contributed by atoms with Crippen molar-refractivity contribution in [2.45, 2.75) is 39.7 Å². The summed E-state index contributed by atoms with van der Waals surface area (Å²) in [7, 11) is 0. The highest BCUT2D eigenvalue weighted by Gasteiger charge is 2.25. The van der Waals surface area contributed by atoms with E-state index in [1.165, 1.54) is 11.3 Å². The van der Waals surface area contributed by atoms with E-state index < -0.39 is 0 Å². The normalized spacial score (nSPS) is 15.5. The molecule has 0 saturated carbocycles. The van der Waals surface area contributed by atoms with Gasteiger partial charge in [-0.2, -0.15) is 9.59 Å². The fourth-order valence-electron chi connectivity index (χ4n) is 4.11. The standard InChI is InChI=1S/C23H28N4O2.CO2/c1-4-29-20-11-7-13-27-21(17(3)24-22(20)27)23(28)25-18-9-6-12-26(15-18)19-10-5-8-16(2)14-19;2-1-3/h5,7-8,10-11,13-14,18H,4,6,9,12,15H2,1-3H3,(H,25,28);/t18-;/m0./s1. The van der Waals surface area contributed by atoms with Gasteiger partial charge in [-0.05, 0) is 63.4 Å². The van der Waals surface area contributed by atoms with Gasteiger partial charge < -0.3 is 15.0 Å². The van der Waals surface area contributed by atoms with Gasteiger partial charge in [0.25, 0.3) is 5.91 Å². The van der Waals surface area contributed by atoms with Crippen molar-refractivity contribution in [1.29, 1.82) is 0 Å². The Kier molecular flexibility index (Phi) is 7.63. The molecule has 1 aliphatic heterocycles. The Morgan fingerprint density at radius 2 is 2.03 bits per heavy atom. The van der Waals surface area contributed by atoms with Gasteiger partial charge in [-0.3, -0.25) is 9.20 Å². The highest BCUT2D eigenvalue weighted by atomic mass is 16.5. The Morgan fingerprint density at radius 3 is 2.75 bits per heavy atom. The average Bonchev–Trinajstić information content (AvgIpc) is 3.12. The number of pyridine rings is 1. The minimum Gasteiger partial charge on any atom is -0.490 e. The predicted octanol–water partition coefficient (Wildman–Crippen LogP) is 3.17. The summed E-state index contributed by atoms with van der Waals surface area (Å²) in [5, 5.41) is 3.24. The first-order valence-corrected chi connectivity index (χ1v) is 10.7. The SMILES string of the molecule is CCOc1cccn2c(C(=O)N[C@H]3CCCN(c4cccc(C)c4)C3)c(C)nc12.O=C=O. The molecule has 1 amide bonds. The molecular weight excluding hydrogens is 408 g/mol. The molecule has 0 spiro atoms. The van der Waals surface area contributed by atoms with Gasteiger partial charge in [-0.1, -0.05) is 12.1 Å². The second-order valence-corrected chi connectivity index (χ2v) is 7.73. The van der Waals surface area contributed by atoms with Crippen molar-refractivity contribution in [1.82, 2.24) is 14.7 Å². The summed E-state index contributed by atoms with van der Waals surface area (Å²) in [6.45, 7) is 8.31. The van der Waals surface area contributed by atoms with Crippen LogP contribution in [0.4, 0.5) is 5.69 Å². The molecule has 3 heterocycles. The molecule has 4 rings (SSSR count). The van der Waals surface area contributed by atoms with Crippen LogP contribution >= 0.6 is 0 Å². The summed E-state index contributed by atoms with van der Waals surface area (Å²) in [6, 6.07) is 12.4. The minimum absolute atomic E-state index is 0.0836. The number of imidazole rings is 1. The third-order valence-corrected chi connectivity index (χ3v) is 5.43. The summed E-state index contributed by atoms with van der Waals surface area (Å²) in [5.74, 6) is 0.611. The Labute approximate surface area is 187 Å². The molecule has 1 fully saturated rings. The van der Waals surface area contributed by atoms with Crippen LogP contribution in [0, 0.1) is 13.8 Å². The Balaban J connectivity index is 0.000000913. The number of carbonyl (C=O) groups excluding carboxylic acids is 3. The third kappa shape index (κ3) is 5.15. The van der Waals surface area contributed by atoms with E-state index in [-0.39, 0.29) is 18.1 Å². The van der Waals surface area contributed by atoms with Crippen LogP contribution in [-0.2, 0) is 9.59 Å². The number of aromatic nitrogens is 2. The largest absolute Gasteiger partial charge is 0.490 e. The van der Waals surface area contributed by atoms with Crippen molar-refractivity contribution in [2.75, 3.05) is 24.6 Å². The number of benzene rings is 1. The molecule has 1 atom stereocenters. The quantitative estimate of drug-likeness (QED) is 0.660. The fraction of sp³-hybridized carbons (Fsp3) is 0.375. The van der Waals surface area contributed by atoms with E-state index in [1.807, 2.05) is 36.6 Å². The predicted molar refractivity (Wildman–Crippen MR) is 120 cm³/mol.